The van der Waals surface area contributed by atoms with Crippen molar-refractivity contribution in [2.24, 2.45) is 0 Å². The number of hydrogen-bond acceptors (Lipinski definition) is 1. The van der Waals surface area contributed by atoms with Crippen LogP contribution in [0.4, 0.5) is 0 Å². The van der Waals surface area contributed by atoms with Crippen molar-refractivity contribution in [3.8, 4) is 0 Å². The number of aromatic nitrogens is 2. The van der Waals surface area contributed by atoms with Crippen LogP contribution in [0.3, 0.4) is 0 Å². The van der Waals surface area contributed by atoms with Gasteiger partial charge in [-0.2, -0.15) is 0 Å². The van der Waals surface area contributed by atoms with Crippen LogP contribution in [0, 0.1) is 6.92 Å². The van der Waals surface area contributed by atoms with Gasteiger partial charge in [0.05, 0.1) is 16.4 Å². The Morgan fingerprint density at radius 2 is 1.95 bits per heavy atom. The highest BCUT2D eigenvalue weighted by atomic mass is 35.5. The molecular weight excluding hydrogens is 280 g/mol. The molecule has 0 bridgehead atoms. The Morgan fingerprint density at radius 1 is 1.19 bits per heavy atom. The van der Waals surface area contributed by atoms with E-state index in [4.69, 9.17) is 16.6 Å². The van der Waals surface area contributed by atoms with Gasteiger partial charge in [0.15, 0.2) is 0 Å². The van der Waals surface area contributed by atoms with Crippen LogP contribution in [-0.4, -0.2) is 9.55 Å². The lowest BCUT2D eigenvalue weighted by Gasteiger charge is -2.18. The van der Waals surface area contributed by atoms with Crippen molar-refractivity contribution >= 4 is 22.6 Å². The highest BCUT2D eigenvalue weighted by Gasteiger charge is 2.19. The van der Waals surface area contributed by atoms with Gasteiger partial charge in [-0.25, -0.2) is 4.98 Å². The number of rotatable bonds is 7. The van der Waals surface area contributed by atoms with Crippen LogP contribution in [0.1, 0.15) is 75.7 Å². The van der Waals surface area contributed by atoms with E-state index in [1.54, 1.807) is 0 Å². The molecule has 0 spiro atoms. The monoisotopic (exact) mass is 306 g/mol. The average molecular weight is 307 g/mol. The van der Waals surface area contributed by atoms with E-state index in [0.29, 0.717) is 6.04 Å². The van der Waals surface area contributed by atoms with Crippen molar-refractivity contribution in [3.63, 3.8) is 0 Å². The molecule has 21 heavy (non-hydrogen) atoms. The fourth-order valence-electron chi connectivity index (χ4n) is 3.01. The van der Waals surface area contributed by atoms with Crippen molar-refractivity contribution in [2.75, 3.05) is 0 Å². The Hall–Kier alpha value is -1.02. The van der Waals surface area contributed by atoms with Crippen molar-refractivity contribution in [2.45, 2.75) is 71.2 Å². The van der Waals surface area contributed by atoms with Crippen molar-refractivity contribution < 1.29 is 0 Å². The van der Waals surface area contributed by atoms with Crippen LogP contribution in [-0.2, 0) is 0 Å². The molecule has 0 fully saturated rings. The number of nitrogens with zero attached hydrogens (tertiary/aromatic N) is 2. The van der Waals surface area contributed by atoms with Crippen molar-refractivity contribution in [1.29, 1.82) is 0 Å². The summed E-state index contributed by atoms with van der Waals surface area (Å²) in [6, 6.07) is 6.85. The van der Waals surface area contributed by atoms with E-state index in [1.807, 2.05) is 6.92 Å². The third-order valence-corrected chi connectivity index (χ3v) is 4.42. The van der Waals surface area contributed by atoms with Gasteiger partial charge in [0.1, 0.15) is 5.82 Å². The Kier molecular flexibility index (Phi) is 5.69. The summed E-state index contributed by atoms with van der Waals surface area (Å²) in [4.78, 5) is 4.81. The second-order valence-corrected chi connectivity index (χ2v) is 6.75. The van der Waals surface area contributed by atoms with E-state index in [-0.39, 0.29) is 5.38 Å². The van der Waals surface area contributed by atoms with Gasteiger partial charge in [0.2, 0.25) is 0 Å². The zero-order valence-electron chi connectivity index (χ0n) is 13.7. The predicted octanol–water partition coefficient (Wildman–Crippen LogP) is 6.18. The summed E-state index contributed by atoms with van der Waals surface area (Å²) < 4.78 is 2.35. The van der Waals surface area contributed by atoms with Gasteiger partial charge >= 0.3 is 0 Å². The quantitative estimate of drug-likeness (QED) is 0.441. The molecule has 0 N–H and O–H groups in total. The third-order valence-electron chi connectivity index (χ3n) is 4.22. The number of fused-ring (bicyclic) bond motifs is 1. The summed E-state index contributed by atoms with van der Waals surface area (Å²) in [6.45, 7) is 8.67. The second kappa shape index (κ2) is 7.31. The summed E-state index contributed by atoms with van der Waals surface area (Å²) >= 11 is 6.38. The average Bonchev–Trinajstić information content (AvgIpc) is 2.84. The van der Waals surface area contributed by atoms with Gasteiger partial charge in [0.25, 0.3) is 0 Å². The zero-order chi connectivity index (χ0) is 15.4. The van der Waals surface area contributed by atoms with E-state index in [2.05, 4.69) is 43.5 Å². The summed E-state index contributed by atoms with van der Waals surface area (Å²) in [5.41, 5.74) is 3.55. The molecule has 0 aliphatic rings. The number of benzene rings is 1. The van der Waals surface area contributed by atoms with E-state index < -0.39 is 0 Å². The van der Waals surface area contributed by atoms with Crippen LogP contribution in [0.5, 0.6) is 0 Å². The molecule has 0 radical (unpaired) electrons. The maximum atomic E-state index is 6.38. The zero-order valence-corrected chi connectivity index (χ0v) is 14.5. The first-order chi connectivity index (χ1) is 10.1. The normalized spacial score (nSPS) is 14.5. The first kappa shape index (κ1) is 16.4. The van der Waals surface area contributed by atoms with Crippen molar-refractivity contribution in [1.82, 2.24) is 9.55 Å². The molecule has 2 atom stereocenters. The Balaban J connectivity index is 2.32. The molecule has 3 heteroatoms. The summed E-state index contributed by atoms with van der Waals surface area (Å²) in [5, 5.41) is -0.0603. The standard InChI is InChI=1S/C18H27ClN2/c1-5-6-7-8-11-14(3)21-16-12-9-10-13(2)17(16)20-18(21)15(4)19/h9-10,12,14-15H,5-8,11H2,1-4H3. The van der Waals surface area contributed by atoms with Crippen LogP contribution >= 0.6 is 11.6 Å². The SMILES string of the molecule is CCCCCCC(C)n1c(C(C)Cl)nc2c(C)cccc21. The van der Waals surface area contributed by atoms with Gasteiger partial charge in [-0.3, -0.25) is 0 Å². The second-order valence-electron chi connectivity index (χ2n) is 6.10. The molecular formula is C18H27ClN2. The van der Waals surface area contributed by atoms with Gasteiger partial charge in [-0.05, 0) is 38.8 Å². The van der Waals surface area contributed by atoms with Crippen LogP contribution in [0.25, 0.3) is 11.0 Å². The summed E-state index contributed by atoms with van der Waals surface area (Å²) in [6.07, 6.45) is 6.39. The van der Waals surface area contributed by atoms with Gasteiger partial charge in [-0.15, -0.1) is 11.6 Å². The number of aryl methyl sites for hydroxylation is 1. The maximum Gasteiger partial charge on any atom is 0.127 e. The predicted molar refractivity (Wildman–Crippen MR) is 92.2 cm³/mol. The van der Waals surface area contributed by atoms with Crippen LogP contribution in [0.15, 0.2) is 18.2 Å². The molecule has 2 rings (SSSR count). The highest BCUT2D eigenvalue weighted by molar-refractivity contribution is 6.20. The first-order valence-electron chi connectivity index (χ1n) is 8.17. The number of para-hydroxylation sites is 1. The Bertz CT molecular complexity index is 586. The minimum absolute atomic E-state index is 0.0603. The molecule has 0 saturated carbocycles. The molecule has 0 saturated heterocycles. The Morgan fingerprint density at radius 3 is 2.62 bits per heavy atom. The molecule has 116 valence electrons. The van der Waals surface area contributed by atoms with Gasteiger partial charge in [0, 0.05) is 6.04 Å². The molecule has 1 heterocycles. The number of alkyl halides is 1. The van der Waals surface area contributed by atoms with E-state index >= 15 is 0 Å². The lowest BCUT2D eigenvalue weighted by atomic mass is 10.1. The van der Waals surface area contributed by atoms with Crippen molar-refractivity contribution in [3.05, 3.63) is 29.6 Å². The first-order valence-corrected chi connectivity index (χ1v) is 8.61. The maximum absolute atomic E-state index is 6.38. The van der Waals surface area contributed by atoms with Crippen LogP contribution < -0.4 is 0 Å². The van der Waals surface area contributed by atoms with E-state index in [9.17, 15) is 0 Å². The van der Waals surface area contributed by atoms with E-state index in [1.165, 1.54) is 43.2 Å². The fraction of sp³-hybridized carbons (Fsp3) is 0.611. The molecule has 2 unspecified atom stereocenters. The molecule has 0 aliphatic heterocycles. The number of unbranched alkanes of at least 4 members (excludes halogenated alkanes) is 3. The smallest absolute Gasteiger partial charge is 0.127 e. The van der Waals surface area contributed by atoms with Gasteiger partial charge < -0.3 is 4.57 Å². The molecule has 2 nitrogen and oxygen atoms in total. The minimum atomic E-state index is -0.0603. The summed E-state index contributed by atoms with van der Waals surface area (Å²) in [7, 11) is 0. The Labute approximate surface area is 133 Å². The molecule has 1 aromatic carbocycles. The van der Waals surface area contributed by atoms with Gasteiger partial charge in [-0.1, -0.05) is 44.7 Å². The number of imidazole rings is 1. The molecule has 0 amide bonds. The lowest BCUT2D eigenvalue weighted by molar-refractivity contribution is 0.468. The topological polar surface area (TPSA) is 17.8 Å². The minimum Gasteiger partial charge on any atom is -0.324 e. The number of hydrogen-bond donors (Lipinski definition) is 0. The summed E-state index contributed by atoms with van der Waals surface area (Å²) in [5.74, 6) is 1.00. The van der Waals surface area contributed by atoms with E-state index in [0.717, 1.165) is 11.3 Å². The number of halogens is 1. The fourth-order valence-corrected chi connectivity index (χ4v) is 3.17. The molecule has 2 aromatic rings. The molecule has 0 aliphatic carbocycles. The molecule has 1 aromatic heterocycles. The highest BCUT2D eigenvalue weighted by Crippen LogP contribution is 2.31. The van der Waals surface area contributed by atoms with Crippen LogP contribution in [0.2, 0.25) is 0 Å². The largest absolute Gasteiger partial charge is 0.324 e. The third kappa shape index (κ3) is 3.60. The lowest BCUT2D eigenvalue weighted by Crippen LogP contribution is -2.10.